The molecule has 7 nitrogen and oxygen atoms in total. The Labute approximate surface area is 180 Å². The summed E-state index contributed by atoms with van der Waals surface area (Å²) in [4.78, 5) is 33.3. The lowest BCUT2D eigenvalue weighted by molar-refractivity contribution is -0.119. The maximum atomic E-state index is 13.0. The lowest BCUT2D eigenvalue weighted by Gasteiger charge is -2.18. The molecule has 0 saturated carbocycles. The van der Waals surface area contributed by atoms with Gasteiger partial charge in [0.25, 0.3) is 5.56 Å². The Morgan fingerprint density at radius 3 is 2.80 bits per heavy atom. The van der Waals surface area contributed by atoms with Gasteiger partial charge in [0.15, 0.2) is 5.16 Å². The molecular weight excluding hydrogens is 400 g/mol. The van der Waals surface area contributed by atoms with Gasteiger partial charge in [-0.1, -0.05) is 30.8 Å². The number of fused-ring (bicyclic) bond motifs is 1. The van der Waals surface area contributed by atoms with Gasteiger partial charge >= 0.3 is 0 Å². The molecule has 0 saturated heterocycles. The zero-order chi connectivity index (χ0) is 21.8. The Bertz CT molecular complexity index is 1110. The normalized spacial score (nSPS) is 13.2. The maximum Gasteiger partial charge on any atom is 0.278 e. The number of H-pyrrole nitrogens is 1. The number of nitrogens with one attached hydrogen (secondary N) is 2. The summed E-state index contributed by atoms with van der Waals surface area (Å²) >= 11 is 1.28. The third-order valence-corrected chi connectivity index (χ3v) is 6.07. The summed E-state index contributed by atoms with van der Waals surface area (Å²) in [7, 11) is 1.62. The van der Waals surface area contributed by atoms with Crippen LogP contribution in [0.1, 0.15) is 50.5 Å². The minimum Gasteiger partial charge on any atom is -0.497 e. The summed E-state index contributed by atoms with van der Waals surface area (Å²) in [6, 6.07) is 9.30. The lowest BCUT2D eigenvalue weighted by Crippen LogP contribution is -2.29. The molecule has 0 unspecified atom stereocenters. The summed E-state index contributed by atoms with van der Waals surface area (Å²) in [5.41, 5.74) is 2.89. The quantitative estimate of drug-likeness (QED) is 0.418. The van der Waals surface area contributed by atoms with Crippen LogP contribution in [0.5, 0.6) is 5.75 Å². The number of rotatable bonds is 8. The second-order valence-electron chi connectivity index (χ2n) is 7.39. The van der Waals surface area contributed by atoms with Gasteiger partial charge in [-0.25, -0.2) is 4.98 Å². The van der Waals surface area contributed by atoms with Gasteiger partial charge in [0.2, 0.25) is 5.91 Å². The van der Waals surface area contributed by atoms with Gasteiger partial charge in [0.1, 0.15) is 11.3 Å². The molecule has 2 heterocycles. The SMILES string of the molecule is CC[C@H](C)n1c(SCC(=O)N[C@H](C)c2cccc(OC)c2)nc2cc(C)[nH]c2c1=O. The van der Waals surface area contributed by atoms with Crippen molar-refractivity contribution in [3.63, 3.8) is 0 Å². The molecule has 3 aromatic rings. The van der Waals surface area contributed by atoms with E-state index in [0.29, 0.717) is 16.2 Å². The number of hydrogen-bond acceptors (Lipinski definition) is 5. The molecule has 0 spiro atoms. The van der Waals surface area contributed by atoms with Crippen molar-refractivity contribution in [1.29, 1.82) is 0 Å². The second kappa shape index (κ2) is 9.38. The van der Waals surface area contributed by atoms with Crippen molar-refractivity contribution in [3.05, 3.63) is 51.9 Å². The highest BCUT2D eigenvalue weighted by Gasteiger charge is 2.18. The Morgan fingerprint density at radius 1 is 1.33 bits per heavy atom. The van der Waals surface area contributed by atoms with E-state index in [-0.39, 0.29) is 29.3 Å². The maximum absolute atomic E-state index is 13.0. The summed E-state index contributed by atoms with van der Waals surface area (Å²) in [6.45, 7) is 7.84. The topological polar surface area (TPSA) is 89.0 Å². The van der Waals surface area contributed by atoms with Crippen LogP contribution in [0.3, 0.4) is 0 Å². The van der Waals surface area contributed by atoms with Gasteiger partial charge in [-0.15, -0.1) is 0 Å². The number of carbonyl (C=O) groups excluding carboxylic acids is 1. The van der Waals surface area contributed by atoms with Crippen molar-refractivity contribution < 1.29 is 9.53 Å². The zero-order valence-electron chi connectivity index (χ0n) is 18.0. The van der Waals surface area contributed by atoms with E-state index in [1.54, 1.807) is 11.7 Å². The van der Waals surface area contributed by atoms with Gasteiger partial charge in [-0.05, 0) is 51.0 Å². The lowest BCUT2D eigenvalue weighted by atomic mass is 10.1. The Morgan fingerprint density at radius 2 is 2.10 bits per heavy atom. The van der Waals surface area contributed by atoms with Crippen LogP contribution >= 0.6 is 11.8 Å². The number of thioether (sulfide) groups is 1. The molecule has 0 aliphatic carbocycles. The van der Waals surface area contributed by atoms with E-state index >= 15 is 0 Å². The average Bonchev–Trinajstić information content (AvgIpc) is 3.12. The third-order valence-electron chi connectivity index (χ3n) is 5.12. The van der Waals surface area contributed by atoms with E-state index in [2.05, 4.69) is 15.3 Å². The minimum absolute atomic E-state index is 0.0146. The highest BCUT2D eigenvalue weighted by molar-refractivity contribution is 7.99. The molecule has 160 valence electrons. The molecule has 1 amide bonds. The fourth-order valence-corrected chi connectivity index (χ4v) is 4.18. The molecule has 0 fully saturated rings. The molecule has 0 aliphatic rings. The zero-order valence-corrected chi connectivity index (χ0v) is 18.8. The Kier molecular flexibility index (Phi) is 6.87. The number of ether oxygens (including phenoxy) is 1. The first-order chi connectivity index (χ1) is 14.3. The van der Waals surface area contributed by atoms with Gasteiger partial charge in [0.05, 0.1) is 24.4 Å². The van der Waals surface area contributed by atoms with E-state index in [1.807, 2.05) is 58.0 Å². The summed E-state index contributed by atoms with van der Waals surface area (Å²) in [5, 5.41) is 3.56. The van der Waals surface area contributed by atoms with E-state index in [1.165, 1.54) is 11.8 Å². The van der Waals surface area contributed by atoms with E-state index in [0.717, 1.165) is 23.4 Å². The molecule has 1 aromatic carbocycles. The predicted octanol–water partition coefficient (Wildman–Crippen LogP) is 3.98. The first-order valence-corrected chi connectivity index (χ1v) is 11.0. The Hall–Kier alpha value is -2.74. The summed E-state index contributed by atoms with van der Waals surface area (Å²) in [5.74, 6) is 0.803. The largest absolute Gasteiger partial charge is 0.497 e. The van der Waals surface area contributed by atoms with Crippen LogP contribution < -0.4 is 15.6 Å². The van der Waals surface area contributed by atoms with Crippen molar-refractivity contribution in [2.45, 2.75) is 51.4 Å². The van der Waals surface area contributed by atoms with Crippen LogP contribution in [0.2, 0.25) is 0 Å². The van der Waals surface area contributed by atoms with Crippen molar-refractivity contribution in [2.75, 3.05) is 12.9 Å². The molecule has 2 N–H and O–H groups in total. The first kappa shape index (κ1) is 22.0. The molecule has 3 rings (SSSR count). The van der Waals surface area contributed by atoms with E-state index in [4.69, 9.17) is 4.74 Å². The van der Waals surface area contributed by atoms with Crippen molar-refractivity contribution >= 4 is 28.7 Å². The van der Waals surface area contributed by atoms with Crippen LogP contribution in [0.15, 0.2) is 40.3 Å². The summed E-state index contributed by atoms with van der Waals surface area (Å²) < 4.78 is 6.93. The molecule has 8 heteroatoms. The third kappa shape index (κ3) is 4.70. The standard InChI is InChI=1S/C22H28N4O3S/c1-6-14(3)26-21(28)20-18(10-13(2)23-20)25-22(26)30-12-19(27)24-15(4)16-8-7-9-17(11-16)29-5/h7-11,14-15,23H,6,12H2,1-5H3,(H,24,27)/t14-,15+/m0/s1. The number of aromatic amines is 1. The molecule has 2 aromatic heterocycles. The van der Waals surface area contributed by atoms with Gasteiger partial charge in [-0.2, -0.15) is 0 Å². The molecule has 30 heavy (non-hydrogen) atoms. The smallest absolute Gasteiger partial charge is 0.278 e. The molecular formula is C22H28N4O3S. The summed E-state index contributed by atoms with van der Waals surface area (Å²) in [6.07, 6.45) is 0.791. The van der Waals surface area contributed by atoms with E-state index < -0.39 is 0 Å². The number of aryl methyl sites for hydroxylation is 1. The van der Waals surface area contributed by atoms with Gasteiger partial charge in [-0.3, -0.25) is 14.2 Å². The fourth-order valence-electron chi connectivity index (χ4n) is 3.27. The van der Waals surface area contributed by atoms with Crippen LogP contribution in [0, 0.1) is 6.92 Å². The number of hydrogen-bond donors (Lipinski definition) is 2. The molecule has 2 atom stereocenters. The first-order valence-electron chi connectivity index (χ1n) is 10.0. The predicted molar refractivity (Wildman–Crippen MR) is 120 cm³/mol. The monoisotopic (exact) mass is 428 g/mol. The molecule has 0 aliphatic heterocycles. The van der Waals surface area contributed by atoms with Crippen LogP contribution in [0.4, 0.5) is 0 Å². The number of aromatic nitrogens is 3. The fraction of sp³-hybridized carbons (Fsp3) is 0.409. The molecule has 0 radical (unpaired) electrons. The number of nitrogens with zero attached hydrogens (tertiary/aromatic N) is 2. The van der Waals surface area contributed by atoms with Crippen molar-refractivity contribution in [3.8, 4) is 5.75 Å². The highest BCUT2D eigenvalue weighted by atomic mass is 32.2. The van der Waals surface area contributed by atoms with Gasteiger partial charge in [0, 0.05) is 11.7 Å². The van der Waals surface area contributed by atoms with Crippen LogP contribution in [0.25, 0.3) is 11.0 Å². The Balaban J connectivity index is 1.77. The van der Waals surface area contributed by atoms with E-state index in [9.17, 15) is 9.59 Å². The number of benzene rings is 1. The van der Waals surface area contributed by atoms with Crippen LogP contribution in [-0.2, 0) is 4.79 Å². The number of carbonyl (C=O) groups is 1. The highest BCUT2D eigenvalue weighted by Crippen LogP contribution is 2.23. The van der Waals surface area contributed by atoms with Crippen molar-refractivity contribution in [1.82, 2.24) is 19.9 Å². The molecule has 0 bridgehead atoms. The van der Waals surface area contributed by atoms with Crippen molar-refractivity contribution in [2.24, 2.45) is 0 Å². The number of methoxy groups -OCH3 is 1. The average molecular weight is 429 g/mol. The van der Waals surface area contributed by atoms with Gasteiger partial charge < -0.3 is 15.0 Å². The number of amides is 1. The minimum atomic E-state index is -0.160. The van der Waals surface area contributed by atoms with Crippen LogP contribution in [-0.4, -0.2) is 33.3 Å². The second-order valence-corrected chi connectivity index (χ2v) is 8.34.